The number of nitrogens with zero attached hydrogens (tertiary/aromatic N) is 4. The van der Waals surface area contributed by atoms with E-state index in [1.54, 1.807) is 11.6 Å². The van der Waals surface area contributed by atoms with Crippen LogP contribution in [0.2, 0.25) is 0 Å². The molecule has 0 spiro atoms. The Morgan fingerprint density at radius 1 is 1.19 bits per heavy atom. The van der Waals surface area contributed by atoms with Crippen molar-refractivity contribution in [3.8, 4) is 10.6 Å². The highest BCUT2D eigenvalue weighted by molar-refractivity contribution is 7.13. The van der Waals surface area contributed by atoms with Crippen molar-refractivity contribution in [1.82, 2.24) is 20.3 Å². The zero-order valence-corrected chi connectivity index (χ0v) is 15.9. The SMILES string of the molecule is CC(NC(=O)c1csc(-c2ccc(N3CCCC3)nc2)n1)c1ccccn1. The number of thiazole rings is 1. The van der Waals surface area contributed by atoms with E-state index < -0.39 is 0 Å². The van der Waals surface area contributed by atoms with Gasteiger partial charge in [-0.25, -0.2) is 9.97 Å². The zero-order valence-electron chi connectivity index (χ0n) is 15.1. The summed E-state index contributed by atoms with van der Waals surface area (Å²) in [6, 6.07) is 9.54. The van der Waals surface area contributed by atoms with Crippen LogP contribution in [0.25, 0.3) is 10.6 Å². The molecule has 1 fully saturated rings. The maximum absolute atomic E-state index is 12.5. The number of amides is 1. The number of anilines is 1. The maximum atomic E-state index is 12.5. The molecule has 1 amide bonds. The lowest BCUT2D eigenvalue weighted by Crippen LogP contribution is -2.27. The molecule has 1 unspecified atom stereocenters. The average molecular weight is 379 g/mol. The van der Waals surface area contributed by atoms with Crippen LogP contribution in [0, 0.1) is 0 Å². The van der Waals surface area contributed by atoms with Crippen LogP contribution < -0.4 is 10.2 Å². The summed E-state index contributed by atoms with van der Waals surface area (Å²) in [6.45, 7) is 4.05. The molecule has 7 heteroatoms. The van der Waals surface area contributed by atoms with Crippen molar-refractivity contribution in [3.05, 3.63) is 59.5 Å². The number of pyridine rings is 2. The van der Waals surface area contributed by atoms with Gasteiger partial charge >= 0.3 is 0 Å². The van der Waals surface area contributed by atoms with Gasteiger partial charge in [-0.1, -0.05) is 6.07 Å². The zero-order chi connectivity index (χ0) is 18.6. The van der Waals surface area contributed by atoms with Gasteiger partial charge in [-0.15, -0.1) is 11.3 Å². The number of carbonyl (C=O) groups is 1. The van der Waals surface area contributed by atoms with E-state index in [9.17, 15) is 4.79 Å². The Labute approximate surface area is 162 Å². The fourth-order valence-electron chi connectivity index (χ4n) is 3.13. The third-order valence-corrected chi connectivity index (χ3v) is 5.53. The van der Waals surface area contributed by atoms with Gasteiger partial charge in [0, 0.05) is 36.4 Å². The molecule has 3 aromatic rings. The summed E-state index contributed by atoms with van der Waals surface area (Å²) in [6.07, 6.45) is 6.01. The van der Waals surface area contributed by atoms with Crippen LogP contribution in [-0.4, -0.2) is 33.9 Å². The summed E-state index contributed by atoms with van der Waals surface area (Å²) in [5, 5.41) is 5.52. The minimum atomic E-state index is -0.197. The molecule has 4 rings (SSSR count). The van der Waals surface area contributed by atoms with E-state index in [1.165, 1.54) is 24.2 Å². The summed E-state index contributed by atoms with van der Waals surface area (Å²) in [5.41, 5.74) is 2.17. The third kappa shape index (κ3) is 3.98. The number of nitrogens with one attached hydrogen (secondary N) is 1. The van der Waals surface area contributed by atoms with Gasteiger partial charge in [-0.2, -0.15) is 0 Å². The molecule has 1 atom stereocenters. The Balaban J connectivity index is 1.44. The number of aromatic nitrogens is 3. The first-order valence-corrected chi connectivity index (χ1v) is 9.97. The quantitative estimate of drug-likeness (QED) is 0.732. The van der Waals surface area contributed by atoms with Crippen LogP contribution in [-0.2, 0) is 0 Å². The normalized spacial score (nSPS) is 14.9. The van der Waals surface area contributed by atoms with Crippen LogP contribution in [0.5, 0.6) is 0 Å². The number of hydrogen-bond acceptors (Lipinski definition) is 6. The Kier molecular flexibility index (Phi) is 5.11. The van der Waals surface area contributed by atoms with E-state index in [0.717, 1.165) is 35.2 Å². The van der Waals surface area contributed by atoms with E-state index >= 15 is 0 Å². The highest BCUT2D eigenvalue weighted by atomic mass is 32.1. The molecule has 0 bridgehead atoms. The highest BCUT2D eigenvalue weighted by Crippen LogP contribution is 2.26. The van der Waals surface area contributed by atoms with Gasteiger partial charge in [0.15, 0.2) is 0 Å². The van der Waals surface area contributed by atoms with Crippen molar-refractivity contribution >= 4 is 23.1 Å². The largest absolute Gasteiger partial charge is 0.357 e. The van der Waals surface area contributed by atoms with Crippen LogP contribution in [0.15, 0.2) is 48.1 Å². The summed E-state index contributed by atoms with van der Waals surface area (Å²) < 4.78 is 0. The summed E-state index contributed by atoms with van der Waals surface area (Å²) in [7, 11) is 0. The summed E-state index contributed by atoms with van der Waals surface area (Å²) >= 11 is 1.45. The standard InChI is InChI=1S/C20H21N5OS/c1-14(16-6-2-3-9-21-16)23-19(26)17-13-27-20(24-17)15-7-8-18(22-12-15)25-10-4-5-11-25/h2-3,6-9,12-14H,4-5,10-11H2,1H3,(H,23,26). The molecule has 1 aliphatic heterocycles. The van der Waals surface area contributed by atoms with Crippen molar-refractivity contribution in [2.75, 3.05) is 18.0 Å². The Bertz CT molecular complexity index is 904. The number of hydrogen-bond donors (Lipinski definition) is 1. The van der Waals surface area contributed by atoms with Crippen LogP contribution in [0.1, 0.15) is 42.0 Å². The van der Waals surface area contributed by atoms with E-state index in [2.05, 4.69) is 25.2 Å². The topological polar surface area (TPSA) is 71.0 Å². The molecule has 0 radical (unpaired) electrons. The van der Waals surface area contributed by atoms with Crippen molar-refractivity contribution in [2.24, 2.45) is 0 Å². The molecule has 1 N–H and O–H groups in total. The lowest BCUT2D eigenvalue weighted by Gasteiger charge is -2.15. The van der Waals surface area contributed by atoms with E-state index in [4.69, 9.17) is 0 Å². The van der Waals surface area contributed by atoms with Crippen LogP contribution in [0.3, 0.4) is 0 Å². The second-order valence-electron chi connectivity index (χ2n) is 6.59. The minimum Gasteiger partial charge on any atom is -0.357 e. The number of carbonyl (C=O) groups excluding carboxylic acids is 1. The molecule has 3 aromatic heterocycles. The predicted molar refractivity (Wildman–Crippen MR) is 107 cm³/mol. The average Bonchev–Trinajstić information content (AvgIpc) is 3.41. The smallest absolute Gasteiger partial charge is 0.271 e. The Morgan fingerprint density at radius 3 is 2.74 bits per heavy atom. The second-order valence-corrected chi connectivity index (χ2v) is 7.44. The molecule has 0 saturated carbocycles. The van der Waals surface area contributed by atoms with Gasteiger partial charge < -0.3 is 10.2 Å². The monoisotopic (exact) mass is 379 g/mol. The molecule has 1 aliphatic rings. The van der Waals surface area contributed by atoms with Crippen molar-refractivity contribution in [3.63, 3.8) is 0 Å². The van der Waals surface area contributed by atoms with Crippen molar-refractivity contribution in [2.45, 2.75) is 25.8 Å². The first-order valence-electron chi connectivity index (χ1n) is 9.09. The fourth-order valence-corrected chi connectivity index (χ4v) is 3.92. The first kappa shape index (κ1) is 17.6. The fraction of sp³-hybridized carbons (Fsp3) is 0.300. The lowest BCUT2D eigenvalue weighted by atomic mass is 10.2. The van der Waals surface area contributed by atoms with Crippen LogP contribution >= 0.6 is 11.3 Å². The minimum absolute atomic E-state index is 0.176. The Morgan fingerprint density at radius 2 is 2.04 bits per heavy atom. The van der Waals surface area contributed by atoms with E-state index in [1.807, 2.05) is 43.5 Å². The van der Waals surface area contributed by atoms with Crippen molar-refractivity contribution < 1.29 is 4.79 Å². The predicted octanol–water partition coefficient (Wildman–Crippen LogP) is 3.69. The van der Waals surface area contributed by atoms with Gasteiger partial charge in [0.2, 0.25) is 0 Å². The van der Waals surface area contributed by atoms with E-state index in [-0.39, 0.29) is 11.9 Å². The van der Waals surface area contributed by atoms with Gasteiger partial charge in [0.1, 0.15) is 16.5 Å². The van der Waals surface area contributed by atoms with Crippen LogP contribution in [0.4, 0.5) is 5.82 Å². The first-order chi connectivity index (χ1) is 13.2. The molecule has 0 aromatic carbocycles. The summed E-state index contributed by atoms with van der Waals surface area (Å²) in [4.78, 5) is 28.1. The molecule has 138 valence electrons. The van der Waals surface area contributed by atoms with Crippen molar-refractivity contribution in [1.29, 1.82) is 0 Å². The Hall–Kier alpha value is -2.80. The molecule has 6 nitrogen and oxygen atoms in total. The third-order valence-electron chi connectivity index (χ3n) is 4.64. The van der Waals surface area contributed by atoms with Gasteiger partial charge in [-0.3, -0.25) is 9.78 Å². The number of rotatable bonds is 5. The second kappa shape index (κ2) is 7.84. The molecule has 27 heavy (non-hydrogen) atoms. The van der Waals surface area contributed by atoms with Gasteiger partial charge in [0.25, 0.3) is 5.91 Å². The lowest BCUT2D eigenvalue weighted by molar-refractivity contribution is 0.0935. The molecule has 1 saturated heterocycles. The van der Waals surface area contributed by atoms with Gasteiger partial charge in [0.05, 0.1) is 11.7 Å². The highest BCUT2D eigenvalue weighted by Gasteiger charge is 2.17. The molecular formula is C20H21N5OS. The summed E-state index contributed by atoms with van der Waals surface area (Å²) in [5.74, 6) is 0.812. The maximum Gasteiger partial charge on any atom is 0.271 e. The molecular weight excluding hydrogens is 358 g/mol. The molecule has 4 heterocycles. The van der Waals surface area contributed by atoms with Gasteiger partial charge in [-0.05, 0) is 44.0 Å². The molecule has 0 aliphatic carbocycles. The van der Waals surface area contributed by atoms with E-state index in [0.29, 0.717) is 5.69 Å².